The molecule has 0 fully saturated rings. The molecule has 1 atom stereocenters. The van der Waals surface area contributed by atoms with Crippen molar-refractivity contribution < 1.29 is 18.8 Å². The van der Waals surface area contributed by atoms with Gasteiger partial charge in [0, 0.05) is 18.5 Å². The van der Waals surface area contributed by atoms with Gasteiger partial charge in [0.15, 0.2) is 11.5 Å². The van der Waals surface area contributed by atoms with E-state index in [1.165, 1.54) is 10.9 Å². The maximum absolute atomic E-state index is 12.5. The van der Waals surface area contributed by atoms with Crippen LogP contribution in [0.1, 0.15) is 25.3 Å². The van der Waals surface area contributed by atoms with Gasteiger partial charge in [-0.15, -0.1) is 0 Å². The molecule has 162 valence electrons. The molecule has 0 aliphatic carbocycles. The number of aryl methyl sites for hydroxylation is 1. The van der Waals surface area contributed by atoms with Crippen molar-refractivity contribution in [2.45, 2.75) is 25.9 Å². The second kappa shape index (κ2) is 8.14. The second-order valence-electron chi connectivity index (χ2n) is 7.32. The molecule has 2 aromatic carbocycles. The number of nitrogens with one attached hydrogen (secondary N) is 1. The fraction of sp³-hybridized carbons (Fsp3) is 0.227. The number of carbonyl (C=O) groups excluding carboxylic acids is 1. The van der Waals surface area contributed by atoms with Crippen molar-refractivity contribution in [1.29, 1.82) is 0 Å². The third kappa shape index (κ3) is 3.78. The predicted molar refractivity (Wildman–Crippen MR) is 113 cm³/mol. The van der Waals surface area contributed by atoms with E-state index >= 15 is 0 Å². The van der Waals surface area contributed by atoms with Crippen molar-refractivity contribution in [1.82, 2.24) is 25.0 Å². The summed E-state index contributed by atoms with van der Waals surface area (Å²) in [5, 5.41) is 7.32. The third-order valence-electron chi connectivity index (χ3n) is 5.13. The lowest BCUT2D eigenvalue weighted by Crippen LogP contribution is -2.29. The molecule has 1 aliphatic rings. The first-order valence-corrected chi connectivity index (χ1v) is 10.1. The Morgan fingerprint density at radius 2 is 2.03 bits per heavy atom. The van der Waals surface area contributed by atoms with E-state index in [9.17, 15) is 9.59 Å². The van der Waals surface area contributed by atoms with E-state index in [2.05, 4.69) is 20.4 Å². The molecule has 0 saturated carbocycles. The van der Waals surface area contributed by atoms with Gasteiger partial charge in [0.25, 0.3) is 5.56 Å². The summed E-state index contributed by atoms with van der Waals surface area (Å²) in [7, 11) is 0. The maximum Gasteiger partial charge on any atom is 0.261 e. The van der Waals surface area contributed by atoms with Crippen molar-refractivity contribution in [3.8, 4) is 22.9 Å². The van der Waals surface area contributed by atoms with E-state index in [0.29, 0.717) is 33.8 Å². The Morgan fingerprint density at radius 1 is 1.19 bits per heavy atom. The highest BCUT2D eigenvalue weighted by Crippen LogP contribution is 2.35. The zero-order chi connectivity index (χ0) is 22.1. The second-order valence-corrected chi connectivity index (χ2v) is 7.32. The van der Waals surface area contributed by atoms with Gasteiger partial charge in [-0.3, -0.25) is 14.2 Å². The standard InChI is InChI=1S/C22H19N5O5/c1-13(21-25-20(26-32-21)14-6-7-17-18(10-14)31-12-30-17)24-19(28)8-9-27-11-23-16-5-3-2-4-15(16)22(27)29/h2-7,10-11,13H,8-9,12H2,1H3,(H,24,28)/t13-/m0/s1. The average molecular weight is 433 g/mol. The smallest absolute Gasteiger partial charge is 0.261 e. The van der Waals surface area contributed by atoms with Gasteiger partial charge < -0.3 is 19.3 Å². The number of nitrogens with zero attached hydrogens (tertiary/aromatic N) is 4. The van der Waals surface area contributed by atoms with Crippen LogP contribution in [-0.2, 0) is 11.3 Å². The minimum atomic E-state index is -0.496. The van der Waals surface area contributed by atoms with Crippen LogP contribution in [0.3, 0.4) is 0 Å². The molecule has 3 heterocycles. The van der Waals surface area contributed by atoms with Crippen LogP contribution in [0.25, 0.3) is 22.3 Å². The van der Waals surface area contributed by atoms with Crippen LogP contribution in [0.2, 0.25) is 0 Å². The minimum absolute atomic E-state index is 0.105. The number of aromatic nitrogens is 4. The predicted octanol–water partition coefficient (Wildman–Crippen LogP) is 2.44. The Hall–Kier alpha value is -4.21. The number of fused-ring (bicyclic) bond motifs is 2. The average Bonchev–Trinajstić information content (AvgIpc) is 3.48. The van der Waals surface area contributed by atoms with E-state index in [-0.39, 0.29) is 37.1 Å². The van der Waals surface area contributed by atoms with E-state index < -0.39 is 6.04 Å². The minimum Gasteiger partial charge on any atom is -0.454 e. The number of hydrogen-bond donors (Lipinski definition) is 1. The number of rotatable bonds is 6. The molecule has 1 N–H and O–H groups in total. The number of carbonyl (C=O) groups is 1. The molecule has 10 nitrogen and oxygen atoms in total. The zero-order valence-electron chi connectivity index (χ0n) is 17.1. The van der Waals surface area contributed by atoms with Gasteiger partial charge in [-0.25, -0.2) is 4.98 Å². The van der Waals surface area contributed by atoms with E-state index in [1.54, 1.807) is 43.3 Å². The van der Waals surface area contributed by atoms with Crippen LogP contribution < -0.4 is 20.3 Å². The summed E-state index contributed by atoms with van der Waals surface area (Å²) in [5.41, 5.74) is 1.16. The highest BCUT2D eigenvalue weighted by atomic mass is 16.7. The summed E-state index contributed by atoms with van der Waals surface area (Å²) in [6, 6.07) is 12.0. The van der Waals surface area contributed by atoms with E-state index in [1.807, 2.05) is 6.07 Å². The first-order chi connectivity index (χ1) is 15.6. The number of hydrogen-bond acceptors (Lipinski definition) is 8. The molecule has 0 bridgehead atoms. The molecule has 1 amide bonds. The van der Waals surface area contributed by atoms with Gasteiger partial charge in [-0.1, -0.05) is 17.3 Å². The highest BCUT2D eigenvalue weighted by Gasteiger charge is 2.20. The van der Waals surface area contributed by atoms with Crippen LogP contribution in [0.5, 0.6) is 11.5 Å². The Balaban J connectivity index is 1.22. The van der Waals surface area contributed by atoms with Gasteiger partial charge in [0.1, 0.15) is 6.04 Å². The summed E-state index contributed by atoms with van der Waals surface area (Å²) < 4.78 is 17.4. The lowest BCUT2D eigenvalue weighted by molar-refractivity contribution is -0.122. The molecule has 0 radical (unpaired) electrons. The van der Waals surface area contributed by atoms with Crippen LogP contribution in [0.4, 0.5) is 0 Å². The molecule has 32 heavy (non-hydrogen) atoms. The van der Waals surface area contributed by atoms with Crippen LogP contribution in [0, 0.1) is 0 Å². The van der Waals surface area contributed by atoms with Gasteiger partial charge in [-0.2, -0.15) is 4.98 Å². The van der Waals surface area contributed by atoms with Gasteiger partial charge in [0.05, 0.1) is 17.2 Å². The number of para-hydroxylation sites is 1. The van der Waals surface area contributed by atoms with Crippen molar-refractivity contribution >= 4 is 16.8 Å². The van der Waals surface area contributed by atoms with Gasteiger partial charge in [-0.05, 0) is 37.3 Å². The fourth-order valence-corrected chi connectivity index (χ4v) is 3.43. The molecule has 5 rings (SSSR count). The molecular weight excluding hydrogens is 414 g/mol. The third-order valence-corrected chi connectivity index (χ3v) is 5.13. The van der Waals surface area contributed by atoms with Crippen molar-refractivity contribution in [2.75, 3.05) is 6.79 Å². The Labute approximate surface area is 181 Å². The lowest BCUT2D eigenvalue weighted by Gasteiger charge is -2.10. The zero-order valence-corrected chi connectivity index (χ0v) is 17.1. The summed E-state index contributed by atoms with van der Waals surface area (Å²) in [4.78, 5) is 33.6. The van der Waals surface area contributed by atoms with Gasteiger partial charge >= 0.3 is 0 Å². The fourth-order valence-electron chi connectivity index (χ4n) is 3.43. The Morgan fingerprint density at radius 3 is 2.94 bits per heavy atom. The summed E-state index contributed by atoms with van der Waals surface area (Å²) >= 11 is 0. The summed E-state index contributed by atoms with van der Waals surface area (Å²) in [6.45, 7) is 2.14. The van der Waals surface area contributed by atoms with E-state index in [4.69, 9.17) is 14.0 Å². The molecule has 0 saturated heterocycles. The molecule has 2 aromatic heterocycles. The number of benzene rings is 2. The monoisotopic (exact) mass is 433 g/mol. The highest BCUT2D eigenvalue weighted by molar-refractivity contribution is 5.77. The maximum atomic E-state index is 12.5. The Bertz CT molecular complexity index is 1360. The molecular formula is C22H19N5O5. The molecule has 0 spiro atoms. The van der Waals surface area contributed by atoms with Crippen molar-refractivity contribution in [2.24, 2.45) is 0 Å². The first-order valence-electron chi connectivity index (χ1n) is 10.1. The van der Waals surface area contributed by atoms with Gasteiger partial charge in [0.2, 0.25) is 24.4 Å². The molecule has 0 unspecified atom stereocenters. The summed E-state index contributed by atoms with van der Waals surface area (Å²) in [6.07, 6.45) is 1.56. The number of ether oxygens (including phenoxy) is 2. The van der Waals surface area contributed by atoms with Crippen molar-refractivity contribution in [3.63, 3.8) is 0 Å². The van der Waals surface area contributed by atoms with Crippen LogP contribution in [0.15, 0.2) is 58.1 Å². The largest absolute Gasteiger partial charge is 0.454 e. The SMILES string of the molecule is C[C@H](NC(=O)CCn1cnc2ccccc2c1=O)c1nc(-c2ccc3c(c2)OCO3)no1. The molecule has 1 aliphatic heterocycles. The first kappa shape index (κ1) is 19.7. The topological polar surface area (TPSA) is 121 Å². The lowest BCUT2D eigenvalue weighted by atomic mass is 10.2. The quantitative estimate of drug-likeness (QED) is 0.492. The molecule has 4 aromatic rings. The summed E-state index contributed by atoms with van der Waals surface area (Å²) in [5.74, 6) is 1.69. The van der Waals surface area contributed by atoms with Crippen LogP contribution in [-0.4, -0.2) is 32.4 Å². The van der Waals surface area contributed by atoms with Crippen molar-refractivity contribution in [3.05, 3.63) is 65.0 Å². The molecule has 10 heteroatoms. The number of amides is 1. The van der Waals surface area contributed by atoms with Crippen LogP contribution >= 0.6 is 0 Å². The Kier molecular flexibility index (Phi) is 5.02. The van der Waals surface area contributed by atoms with E-state index in [0.717, 1.165) is 0 Å². The normalized spacial score (nSPS) is 13.3.